The summed E-state index contributed by atoms with van der Waals surface area (Å²) >= 11 is 1.55. The number of halogens is 1. The molecule has 0 saturated heterocycles. The molecule has 0 bridgehead atoms. The summed E-state index contributed by atoms with van der Waals surface area (Å²) in [5.41, 5.74) is 2.74. The monoisotopic (exact) mass is 302 g/mol. The smallest absolute Gasteiger partial charge is 0.160 e. The summed E-state index contributed by atoms with van der Waals surface area (Å²) in [6, 6.07) is 6.68. The van der Waals surface area contributed by atoms with Crippen molar-refractivity contribution in [3.05, 3.63) is 46.9 Å². The topological polar surface area (TPSA) is 42.5 Å². The van der Waals surface area contributed by atoms with Crippen molar-refractivity contribution in [1.29, 1.82) is 0 Å². The molecule has 0 fully saturated rings. The minimum atomic E-state index is -0.280. The lowest BCUT2D eigenvalue weighted by Gasteiger charge is -2.07. The predicted octanol–water partition coefficient (Wildman–Crippen LogP) is 3.11. The maximum atomic E-state index is 14.2. The summed E-state index contributed by atoms with van der Waals surface area (Å²) in [7, 11) is 1.84. The molecule has 0 saturated carbocycles. The van der Waals surface area contributed by atoms with Crippen LogP contribution in [0.2, 0.25) is 0 Å². The maximum Gasteiger partial charge on any atom is 0.160 e. The Hall–Kier alpha value is -1.95. The highest BCUT2D eigenvalue weighted by molar-refractivity contribution is 8.13. The number of aliphatic imine (C=N–C) groups is 2. The lowest BCUT2D eigenvalue weighted by Crippen LogP contribution is -2.08. The van der Waals surface area contributed by atoms with Gasteiger partial charge in [0.05, 0.1) is 28.6 Å². The van der Waals surface area contributed by atoms with Gasteiger partial charge in [0.25, 0.3) is 0 Å². The first kappa shape index (κ1) is 14.0. The summed E-state index contributed by atoms with van der Waals surface area (Å²) in [6.07, 6.45) is 1.96. The second kappa shape index (κ2) is 5.44. The Morgan fingerprint density at radius 2 is 2.05 bits per heavy atom. The summed E-state index contributed by atoms with van der Waals surface area (Å²) in [5.74, 6) is 0.453. The van der Waals surface area contributed by atoms with Crippen LogP contribution >= 0.6 is 11.8 Å². The Bertz CT molecular complexity index is 761. The molecule has 21 heavy (non-hydrogen) atoms. The van der Waals surface area contributed by atoms with Gasteiger partial charge in [0.2, 0.25) is 0 Å². The number of benzene rings is 1. The standard InChI is InChI=1S/C15H15FN4S/c1-9-13-14(10-6-4-5-7-11(10)16)17-8-12(21-3)18-15(13)20(2)19-9/h4-7H,8H2,1-3H3. The average molecular weight is 302 g/mol. The minimum absolute atomic E-state index is 0.280. The van der Waals surface area contributed by atoms with Crippen LogP contribution in [0, 0.1) is 12.7 Å². The second-order valence-electron chi connectivity index (χ2n) is 4.76. The normalized spacial score (nSPS) is 14.3. The molecule has 0 N–H and O–H groups in total. The molecular formula is C15H15FN4S. The minimum Gasteiger partial charge on any atom is -0.277 e. The lowest BCUT2D eigenvalue weighted by atomic mass is 10.0. The highest BCUT2D eigenvalue weighted by Gasteiger charge is 2.24. The quantitative estimate of drug-likeness (QED) is 0.812. The van der Waals surface area contributed by atoms with Crippen molar-refractivity contribution in [2.75, 3.05) is 12.8 Å². The van der Waals surface area contributed by atoms with E-state index in [2.05, 4.69) is 15.1 Å². The van der Waals surface area contributed by atoms with E-state index in [4.69, 9.17) is 0 Å². The fourth-order valence-electron chi connectivity index (χ4n) is 2.41. The van der Waals surface area contributed by atoms with Crippen molar-refractivity contribution in [1.82, 2.24) is 9.78 Å². The summed E-state index contributed by atoms with van der Waals surface area (Å²) in [4.78, 5) is 9.22. The van der Waals surface area contributed by atoms with Gasteiger partial charge in [0, 0.05) is 12.6 Å². The van der Waals surface area contributed by atoms with Crippen molar-refractivity contribution in [3.63, 3.8) is 0 Å². The van der Waals surface area contributed by atoms with Crippen LogP contribution in [0.3, 0.4) is 0 Å². The van der Waals surface area contributed by atoms with Gasteiger partial charge in [-0.25, -0.2) is 9.38 Å². The number of hydrogen-bond donors (Lipinski definition) is 0. The van der Waals surface area contributed by atoms with Crippen LogP contribution in [0.25, 0.3) is 0 Å². The van der Waals surface area contributed by atoms with E-state index in [1.54, 1.807) is 28.6 Å². The van der Waals surface area contributed by atoms with Crippen molar-refractivity contribution < 1.29 is 4.39 Å². The molecule has 2 heterocycles. The van der Waals surface area contributed by atoms with Crippen LogP contribution in [-0.4, -0.2) is 33.3 Å². The first-order valence-electron chi connectivity index (χ1n) is 6.56. The molecule has 2 aromatic rings. The highest BCUT2D eigenvalue weighted by Crippen LogP contribution is 2.29. The molecule has 1 aliphatic rings. The Balaban J connectivity index is 2.26. The maximum absolute atomic E-state index is 14.2. The van der Waals surface area contributed by atoms with Gasteiger partial charge in [-0.15, -0.1) is 11.8 Å². The van der Waals surface area contributed by atoms with E-state index in [1.807, 2.05) is 26.3 Å². The lowest BCUT2D eigenvalue weighted by molar-refractivity contribution is 0.625. The largest absolute Gasteiger partial charge is 0.277 e. The second-order valence-corrected chi connectivity index (χ2v) is 5.64. The number of thioether (sulfide) groups is 1. The van der Waals surface area contributed by atoms with Gasteiger partial charge in [-0.3, -0.25) is 9.67 Å². The van der Waals surface area contributed by atoms with Crippen molar-refractivity contribution >= 4 is 28.3 Å². The molecule has 3 rings (SSSR count). The van der Waals surface area contributed by atoms with Crippen LogP contribution in [-0.2, 0) is 7.05 Å². The molecule has 1 aromatic heterocycles. The molecule has 0 radical (unpaired) electrons. The van der Waals surface area contributed by atoms with E-state index in [0.29, 0.717) is 17.8 Å². The fraction of sp³-hybridized carbons (Fsp3) is 0.267. The number of hydrogen-bond acceptors (Lipinski definition) is 4. The third-order valence-corrected chi connectivity index (χ3v) is 4.09. The van der Waals surface area contributed by atoms with Gasteiger partial charge in [-0.1, -0.05) is 12.1 Å². The van der Waals surface area contributed by atoms with Crippen molar-refractivity contribution in [2.45, 2.75) is 6.92 Å². The van der Waals surface area contributed by atoms with Crippen LogP contribution in [0.1, 0.15) is 16.8 Å². The first-order chi connectivity index (χ1) is 10.1. The third-order valence-electron chi connectivity index (χ3n) is 3.40. The zero-order chi connectivity index (χ0) is 15.0. The Morgan fingerprint density at radius 1 is 1.29 bits per heavy atom. The molecular weight excluding hydrogens is 287 g/mol. The molecule has 4 nitrogen and oxygen atoms in total. The van der Waals surface area contributed by atoms with Gasteiger partial charge in [-0.2, -0.15) is 5.10 Å². The Morgan fingerprint density at radius 3 is 2.76 bits per heavy atom. The van der Waals surface area contributed by atoms with Gasteiger partial charge >= 0.3 is 0 Å². The fourth-order valence-corrected chi connectivity index (χ4v) is 2.79. The van der Waals surface area contributed by atoms with Crippen LogP contribution in [0.5, 0.6) is 0 Å². The van der Waals surface area contributed by atoms with E-state index in [-0.39, 0.29) is 5.82 Å². The van der Waals surface area contributed by atoms with E-state index in [9.17, 15) is 4.39 Å². The van der Waals surface area contributed by atoms with Gasteiger partial charge in [-0.05, 0) is 25.3 Å². The molecule has 6 heteroatoms. The van der Waals surface area contributed by atoms with Gasteiger partial charge < -0.3 is 0 Å². The van der Waals surface area contributed by atoms with Gasteiger partial charge in [0.1, 0.15) is 5.82 Å². The Kier molecular flexibility index (Phi) is 3.63. The molecule has 1 aromatic carbocycles. The van der Waals surface area contributed by atoms with Crippen molar-refractivity contribution in [3.8, 4) is 0 Å². The SMILES string of the molecule is CSC1=Nc2c(c(C)nn2C)C(c2ccccc2F)=NC1. The Labute approximate surface area is 126 Å². The van der Waals surface area contributed by atoms with E-state index >= 15 is 0 Å². The summed E-state index contributed by atoms with van der Waals surface area (Å²) in [5, 5.41) is 5.30. The molecule has 0 amide bonds. The number of aryl methyl sites for hydroxylation is 2. The molecule has 0 spiro atoms. The van der Waals surface area contributed by atoms with Crippen LogP contribution < -0.4 is 0 Å². The van der Waals surface area contributed by atoms with E-state index in [0.717, 1.165) is 22.1 Å². The highest BCUT2D eigenvalue weighted by atomic mass is 32.2. The van der Waals surface area contributed by atoms with E-state index < -0.39 is 0 Å². The average Bonchev–Trinajstić information content (AvgIpc) is 2.65. The molecule has 1 aliphatic heterocycles. The number of fused-ring (bicyclic) bond motifs is 1. The summed E-state index contributed by atoms with van der Waals surface area (Å²) < 4.78 is 15.9. The van der Waals surface area contributed by atoms with E-state index in [1.165, 1.54) is 6.07 Å². The number of nitrogens with zero attached hydrogens (tertiary/aromatic N) is 4. The number of rotatable bonds is 1. The van der Waals surface area contributed by atoms with Gasteiger partial charge in [0.15, 0.2) is 5.82 Å². The third kappa shape index (κ3) is 2.40. The zero-order valence-corrected chi connectivity index (χ0v) is 12.9. The predicted molar refractivity (Wildman–Crippen MR) is 85.5 cm³/mol. The number of aromatic nitrogens is 2. The first-order valence-corrected chi connectivity index (χ1v) is 7.79. The zero-order valence-electron chi connectivity index (χ0n) is 12.1. The van der Waals surface area contributed by atoms with Crippen LogP contribution in [0.15, 0.2) is 34.3 Å². The molecule has 0 aliphatic carbocycles. The molecule has 0 unspecified atom stereocenters. The summed E-state index contributed by atoms with van der Waals surface area (Å²) in [6.45, 7) is 2.35. The molecule has 108 valence electrons. The van der Waals surface area contributed by atoms with Crippen molar-refractivity contribution in [2.24, 2.45) is 17.0 Å². The molecule has 0 atom stereocenters. The van der Waals surface area contributed by atoms with Crippen LogP contribution in [0.4, 0.5) is 10.2 Å².